The first kappa shape index (κ1) is 45.2. The Balaban J connectivity index is 1.24. The quantitative estimate of drug-likeness (QED) is 0.0420. The molecular formula is C24H36N9O19P3S. The number of fused-ring (bicyclic) bond motifs is 1. The summed E-state index contributed by atoms with van der Waals surface area (Å²) in [5, 5.41) is 30.6. The maximum absolute atomic E-state index is 12.7. The van der Waals surface area contributed by atoms with Gasteiger partial charge < -0.3 is 50.9 Å². The number of nitrogen functional groups attached to an aromatic ring is 1. The van der Waals surface area contributed by atoms with Gasteiger partial charge in [0.05, 0.1) is 19.5 Å². The summed E-state index contributed by atoms with van der Waals surface area (Å²) in [6, 6.07) is 0. The van der Waals surface area contributed by atoms with Crippen molar-refractivity contribution in [3.8, 4) is 0 Å². The molecule has 3 aromatic heterocycles. The number of nitrogens with two attached hydrogens (primary N) is 1. The molecule has 0 radical (unpaired) electrons. The van der Waals surface area contributed by atoms with E-state index in [1.165, 1.54) is 13.8 Å². The van der Waals surface area contributed by atoms with E-state index in [0.717, 1.165) is 17.2 Å². The zero-order chi connectivity index (χ0) is 41.6. The molecule has 56 heavy (non-hydrogen) atoms. The van der Waals surface area contributed by atoms with Crippen LogP contribution in [-0.4, -0.2) is 133 Å². The molecule has 0 saturated carbocycles. The summed E-state index contributed by atoms with van der Waals surface area (Å²) in [5.41, 5.74) is 2.95. The van der Waals surface area contributed by atoms with Gasteiger partial charge in [0.15, 0.2) is 17.7 Å². The lowest BCUT2D eigenvalue weighted by atomic mass is 9.87. The average Bonchev–Trinajstić information content (AvgIpc) is 3.81. The number of phosphoric ester groups is 3. The number of imidazole rings is 1. The fraction of sp³-hybridized carbons (Fsp3) is 0.583. The molecule has 4 rings (SSSR count). The van der Waals surface area contributed by atoms with E-state index in [0.29, 0.717) is 11.8 Å². The first-order valence-electron chi connectivity index (χ1n) is 15.6. The van der Waals surface area contributed by atoms with E-state index < -0.39 is 101 Å². The Kier molecular flexibility index (Phi) is 14.8. The molecule has 28 nitrogen and oxygen atoms in total. The maximum atomic E-state index is 12.7. The zero-order valence-electron chi connectivity index (χ0n) is 28.8. The molecule has 312 valence electrons. The van der Waals surface area contributed by atoms with Crippen LogP contribution >= 0.6 is 35.2 Å². The first-order chi connectivity index (χ1) is 26.0. The molecule has 0 bridgehead atoms. The Hall–Kier alpha value is -3.50. The van der Waals surface area contributed by atoms with E-state index in [4.69, 9.17) is 19.5 Å². The van der Waals surface area contributed by atoms with Crippen LogP contribution in [-0.2, 0) is 45.9 Å². The molecule has 7 atom stereocenters. The zero-order valence-corrected chi connectivity index (χ0v) is 32.3. The van der Waals surface area contributed by atoms with Crippen LogP contribution in [0.4, 0.5) is 5.82 Å². The minimum absolute atomic E-state index is 0.0148. The molecule has 1 fully saturated rings. The molecular weight excluding hydrogens is 843 g/mol. The lowest BCUT2D eigenvalue weighted by Gasteiger charge is -2.30. The number of aliphatic hydroxyl groups is 2. The first-order valence-corrected chi connectivity index (χ1v) is 21.1. The van der Waals surface area contributed by atoms with Crippen molar-refractivity contribution in [2.45, 2.75) is 50.9 Å². The summed E-state index contributed by atoms with van der Waals surface area (Å²) in [6.45, 7) is 0.112. The SMILES string of the molecule is CC(C)(COP(=O)(O)OP(=O)(O)OCC1OC(n2cnc3c(N)ncnc32)C(O)C1OP(=O)(O)O)C(O)C(=O)NCCC(=O)NCCSC(=O)c1no[nH]c1=O. The lowest BCUT2D eigenvalue weighted by molar-refractivity contribution is -0.137. The van der Waals surface area contributed by atoms with Crippen LogP contribution in [0.3, 0.4) is 0 Å². The number of aromatic nitrogens is 6. The second kappa shape index (κ2) is 18.4. The van der Waals surface area contributed by atoms with E-state index in [2.05, 4.69) is 44.2 Å². The number of carbonyl (C=O) groups is 3. The number of H-pyrrole nitrogens is 1. The minimum atomic E-state index is -5.59. The van der Waals surface area contributed by atoms with Gasteiger partial charge in [0.2, 0.25) is 22.6 Å². The summed E-state index contributed by atoms with van der Waals surface area (Å²) in [5.74, 6) is -1.54. The topological polar surface area (TPSA) is 423 Å². The van der Waals surface area contributed by atoms with Crippen LogP contribution in [0.2, 0.25) is 0 Å². The molecule has 0 spiro atoms. The standard InChI is InChI=1S/C24H36N9O19P3S/c1-24(2,17(36)21(38)27-4-3-12(34)26-5-6-56-23(39)14-20(37)32-51-31-14)8-48-55(45,46)52-54(43,44)47-7-11-16(50-53(40,41)42)15(35)22(49-11)33-10-30-13-18(25)28-9-29-19(13)33/h9-11,15-17,22,35-36H,3-8H2,1-2H3,(H,26,34)(H,27,38)(H,32,37)(H,43,44)(H,45,46)(H2,25,28,29)(H2,40,41,42). The number of thioether (sulfide) groups is 1. The number of phosphoric acid groups is 3. The monoisotopic (exact) mass is 879 g/mol. The van der Waals surface area contributed by atoms with Crippen molar-refractivity contribution in [3.05, 3.63) is 28.7 Å². The second-order valence-corrected chi connectivity index (χ2v) is 17.5. The van der Waals surface area contributed by atoms with Crippen molar-refractivity contribution in [3.63, 3.8) is 0 Å². The third-order valence-corrected chi connectivity index (χ3v) is 11.4. The average molecular weight is 880 g/mol. The van der Waals surface area contributed by atoms with Crippen molar-refractivity contribution >= 4 is 69.1 Å². The smallest absolute Gasteiger partial charge is 0.386 e. The third-order valence-electron chi connectivity index (χ3n) is 7.42. The summed E-state index contributed by atoms with van der Waals surface area (Å²) >= 11 is 0.700. The molecule has 1 aliphatic rings. The van der Waals surface area contributed by atoms with E-state index in [9.17, 15) is 62.7 Å². The molecule has 3 aromatic rings. The van der Waals surface area contributed by atoms with Gasteiger partial charge in [0, 0.05) is 30.7 Å². The predicted octanol–water partition coefficient (Wildman–Crippen LogP) is -2.35. The molecule has 32 heteroatoms. The highest BCUT2D eigenvalue weighted by atomic mass is 32.2. The summed E-state index contributed by atoms with van der Waals surface area (Å²) < 4.78 is 66.2. The van der Waals surface area contributed by atoms with Crippen LogP contribution in [0.15, 0.2) is 22.1 Å². The minimum Gasteiger partial charge on any atom is -0.386 e. The van der Waals surface area contributed by atoms with Crippen LogP contribution in [0.25, 0.3) is 11.2 Å². The summed E-state index contributed by atoms with van der Waals surface area (Å²) in [4.78, 5) is 98.6. The Morgan fingerprint density at radius 2 is 1.79 bits per heavy atom. The number of anilines is 1. The van der Waals surface area contributed by atoms with E-state index in [-0.39, 0.29) is 42.2 Å². The van der Waals surface area contributed by atoms with E-state index in [1.807, 2.05) is 5.16 Å². The lowest BCUT2D eigenvalue weighted by Crippen LogP contribution is -2.46. The molecule has 1 aliphatic heterocycles. The summed E-state index contributed by atoms with van der Waals surface area (Å²) in [6.07, 6.45) is -7.13. The van der Waals surface area contributed by atoms with Gasteiger partial charge in [0.25, 0.3) is 0 Å². The van der Waals surface area contributed by atoms with Crippen molar-refractivity contribution in [2.24, 2.45) is 5.41 Å². The van der Waals surface area contributed by atoms with Crippen molar-refractivity contribution in [1.82, 2.24) is 40.5 Å². The normalized spacial score (nSPS) is 21.6. The highest BCUT2D eigenvalue weighted by molar-refractivity contribution is 8.14. The molecule has 0 aromatic carbocycles. The molecule has 2 amide bonds. The van der Waals surface area contributed by atoms with Crippen molar-refractivity contribution in [1.29, 1.82) is 0 Å². The number of carbonyl (C=O) groups excluding carboxylic acids is 3. The van der Waals surface area contributed by atoms with E-state index >= 15 is 0 Å². The maximum Gasteiger partial charge on any atom is 0.481 e. The van der Waals surface area contributed by atoms with E-state index in [1.54, 1.807) is 0 Å². The Morgan fingerprint density at radius 1 is 1.09 bits per heavy atom. The Bertz CT molecular complexity index is 2090. The number of amides is 2. The number of rotatable bonds is 20. The van der Waals surface area contributed by atoms with Gasteiger partial charge in [-0.25, -0.2) is 28.6 Å². The molecule has 11 N–H and O–H groups in total. The van der Waals surface area contributed by atoms with Gasteiger partial charge >= 0.3 is 29.0 Å². The highest BCUT2D eigenvalue weighted by Gasteiger charge is 2.50. The fourth-order valence-corrected chi connectivity index (χ4v) is 8.16. The number of nitrogens with zero attached hydrogens (tertiary/aromatic N) is 5. The van der Waals surface area contributed by atoms with Crippen molar-refractivity contribution < 1.29 is 85.1 Å². The van der Waals surface area contributed by atoms with Gasteiger partial charge in [-0.05, 0) is 5.16 Å². The second-order valence-electron chi connectivity index (χ2n) is 12.2. The number of nitrogens with one attached hydrogen (secondary N) is 3. The van der Waals surface area contributed by atoms with Gasteiger partial charge in [-0.2, -0.15) is 9.47 Å². The Labute approximate surface area is 317 Å². The number of hydrogen-bond donors (Lipinski definition) is 10. The van der Waals surface area contributed by atoms with Gasteiger partial charge in [-0.1, -0.05) is 25.6 Å². The van der Waals surface area contributed by atoms with Crippen LogP contribution < -0.4 is 21.9 Å². The van der Waals surface area contributed by atoms with Crippen LogP contribution in [0.1, 0.15) is 37.0 Å². The fourth-order valence-electron chi connectivity index (χ4n) is 4.67. The number of aromatic amines is 1. The molecule has 0 aliphatic carbocycles. The van der Waals surface area contributed by atoms with Gasteiger partial charge in [-0.3, -0.25) is 41.9 Å². The molecule has 4 heterocycles. The summed E-state index contributed by atoms with van der Waals surface area (Å²) in [7, 11) is -16.5. The number of hydrogen-bond acceptors (Lipinski definition) is 21. The Morgan fingerprint density at radius 3 is 2.45 bits per heavy atom. The van der Waals surface area contributed by atoms with Crippen LogP contribution in [0.5, 0.6) is 0 Å². The number of ether oxygens (including phenoxy) is 1. The molecule has 1 saturated heterocycles. The van der Waals surface area contributed by atoms with Crippen molar-refractivity contribution in [2.75, 3.05) is 37.8 Å². The molecule has 7 unspecified atom stereocenters. The van der Waals surface area contributed by atoms with Gasteiger partial charge in [-0.15, -0.1) is 0 Å². The van der Waals surface area contributed by atoms with Crippen LogP contribution in [0, 0.1) is 5.41 Å². The van der Waals surface area contributed by atoms with Gasteiger partial charge in [0.1, 0.15) is 36.3 Å². The predicted molar refractivity (Wildman–Crippen MR) is 184 cm³/mol. The largest absolute Gasteiger partial charge is 0.481 e. The highest BCUT2D eigenvalue weighted by Crippen LogP contribution is 2.61. The number of aliphatic hydroxyl groups excluding tert-OH is 2. The third kappa shape index (κ3) is 12.3.